The van der Waals surface area contributed by atoms with Crippen LogP contribution in [0.4, 0.5) is 5.95 Å². The van der Waals surface area contributed by atoms with Crippen LogP contribution in [0.15, 0.2) is 29.1 Å². The number of nitrogens with one attached hydrogen (secondary N) is 1. The second kappa shape index (κ2) is 10.2. The summed E-state index contributed by atoms with van der Waals surface area (Å²) in [6.45, 7) is 8.16. The molecule has 31 heavy (non-hydrogen) atoms. The molecule has 0 saturated carbocycles. The van der Waals surface area contributed by atoms with E-state index in [0.29, 0.717) is 25.8 Å². The summed E-state index contributed by atoms with van der Waals surface area (Å²) in [5, 5.41) is 0. The van der Waals surface area contributed by atoms with E-state index in [9.17, 15) is 4.79 Å². The lowest BCUT2D eigenvalue weighted by atomic mass is 9.94. The van der Waals surface area contributed by atoms with Crippen molar-refractivity contribution >= 4 is 5.95 Å². The summed E-state index contributed by atoms with van der Waals surface area (Å²) in [7, 11) is 1.66. The number of benzene rings is 1. The lowest BCUT2D eigenvalue weighted by Crippen LogP contribution is -2.39. The normalized spacial score (nSPS) is 19.9. The standard InChI is InChI=1S/C23H32N4O4/c1-3-31-21-13-17(6-7-20(21)29-2)15-26-8-4-5-18(16-26)19-14-22(28)25-23(24-19)27-9-11-30-12-10-27/h6-7,13-14,18H,3-5,8-12,15-16H2,1-2H3,(H,24,25,28). The molecule has 2 aliphatic rings. The quantitative estimate of drug-likeness (QED) is 0.725. The molecule has 0 bridgehead atoms. The minimum absolute atomic E-state index is 0.0832. The minimum atomic E-state index is -0.0832. The van der Waals surface area contributed by atoms with Crippen LogP contribution in [0.2, 0.25) is 0 Å². The highest BCUT2D eigenvalue weighted by molar-refractivity contribution is 5.43. The van der Waals surface area contributed by atoms with Gasteiger partial charge in [0.05, 0.1) is 32.6 Å². The van der Waals surface area contributed by atoms with E-state index < -0.39 is 0 Å². The number of ether oxygens (including phenoxy) is 3. The van der Waals surface area contributed by atoms with Crippen molar-refractivity contribution in [3.8, 4) is 11.5 Å². The maximum absolute atomic E-state index is 12.3. The highest BCUT2D eigenvalue weighted by atomic mass is 16.5. The molecule has 0 aliphatic carbocycles. The molecule has 3 heterocycles. The average molecular weight is 429 g/mol. The van der Waals surface area contributed by atoms with Crippen LogP contribution in [0.25, 0.3) is 0 Å². The molecule has 1 aromatic heterocycles. The molecule has 2 aliphatic heterocycles. The molecule has 8 heteroatoms. The van der Waals surface area contributed by atoms with Crippen molar-refractivity contribution < 1.29 is 14.2 Å². The molecule has 1 aromatic carbocycles. The molecular formula is C23H32N4O4. The van der Waals surface area contributed by atoms with E-state index in [0.717, 1.165) is 62.8 Å². The number of rotatable bonds is 7. The molecular weight excluding hydrogens is 396 g/mol. The first-order chi connectivity index (χ1) is 15.2. The summed E-state index contributed by atoms with van der Waals surface area (Å²) in [5.74, 6) is 2.45. The summed E-state index contributed by atoms with van der Waals surface area (Å²) in [5.41, 5.74) is 2.00. The lowest BCUT2D eigenvalue weighted by molar-refractivity contribution is 0.122. The predicted molar refractivity (Wildman–Crippen MR) is 119 cm³/mol. The third-order valence-corrected chi connectivity index (χ3v) is 5.92. The van der Waals surface area contributed by atoms with Crippen LogP contribution in [-0.4, -0.2) is 68.0 Å². The van der Waals surface area contributed by atoms with E-state index in [1.807, 2.05) is 13.0 Å². The zero-order chi connectivity index (χ0) is 21.6. The molecule has 2 fully saturated rings. The fourth-order valence-corrected chi connectivity index (χ4v) is 4.38. The minimum Gasteiger partial charge on any atom is -0.493 e. The second-order valence-corrected chi connectivity index (χ2v) is 8.09. The first kappa shape index (κ1) is 21.6. The number of nitrogens with zero attached hydrogens (tertiary/aromatic N) is 3. The Labute approximate surface area is 183 Å². The van der Waals surface area contributed by atoms with Gasteiger partial charge in [-0.2, -0.15) is 0 Å². The number of hydrogen-bond acceptors (Lipinski definition) is 7. The number of H-pyrrole nitrogens is 1. The molecule has 2 saturated heterocycles. The van der Waals surface area contributed by atoms with Crippen LogP contribution in [-0.2, 0) is 11.3 Å². The zero-order valence-corrected chi connectivity index (χ0v) is 18.4. The van der Waals surface area contributed by atoms with Crippen molar-refractivity contribution in [2.45, 2.75) is 32.2 Å². The summed E-state index contributed by atoms with van der Waals surface area (Å²) < 4.78 is 16.5. The molecule has 1 N–H and O–H groups in total. The third-order valence-electron chi connectivity index (χ3n) is 5.92. The number of likely N-dealkylation sites (tertiary alicyclic amines) is 1. The Morgan fingerprint density at radius 2 is 2.03 bits per heavy atom. The number of morpholine rings is 1. The molecule has 0 radical (unpaired) electrons. The van der Waals surface area contributed by atoms with Crippen LogP contribution in [0.5, 0.6) is 11.5 Å². The number of anilines is 1. The van der Waals surface area contributed by atoms with Crippen molar-refractivity contribution in [1.82, 2.24) is 14.9 Å². The van der Waals surface area contributed by atoms with Gasteiger partial charge < -0.3 is 19.1 Å². The van der Waals surface area contributed by atoms with Gasteiger partial charge in [0.1, 0.15) is 0 Å². The molecule has 1 atom stereocenters. The van der Waals surface area contributed by atoms with Gasteiger partial charge in [0, 0.05) is 38.2 Å². The number of hydrogen-bond donors (Lipinski definition) is 1. The van der Waals surface area contributed by atoms with E-state index in [1.54, 1.807) is 13.2 Å². The fourth-order valence-electron chi connectivity index (χ4n) is 4.38. The number of piperidine rings is 1. The van der Waals surface area contributed by atoms with Gasteiger partial charge in [-0.1, -0.05) is 6.07 Å². The molecule has 8 nitrogen and oxygen atoms in total. The van der Waals surface area contributed by atoms with Crippen LogP contribution < -0.4 is 19.9 Å². The third kappa shape index (κ3) is 5.37. The Morgan fingerprint density at radius 3 is 2.81 bits per heavy atom. The van der Waals surface area contributed by atoms with Gasteiger partial charge in [-0.3, -0.25) is 14.7 Å². The van der Waals surface area contributed by atoms with Crippen LogP contribution in [0, 0.1) is 0 Å². The maximum Gasteiger partial charge on any atom is 0.252 e. The fraction of sp³-hybridized carbons (Fsp3) is 0.565. The van der Waals surface area contributed by atoms with Crippen LogP contribution in [0.1, 0.15) is 36.9 Å². The summed E-state index contributed by atoms with van der Waals surface area (Å²) in [4.78, 5) is 24.6. The van der Waals surface area contributed by atoms with Gasteiger partial charge in [0.2, 0.25) is 5.95 Å². The SMILES string of the molecule is CCOc1cc(CN2CCCC(c3cc(=O)[nH]c(N4CCOCC4)n3)C2)ccc1OC. The van der Waals surface area contributed by atoms with Gasteiger partial charge in [-0.25, -0.2) is 4.98 Å². The van der Waals surface area contributed by atoms with Crippen molar-refractivity contribution in [3.63, 3.8) is 0 Å². The average Bonchev–Trinajstić information content (AvgIpc) is 2.80. The smallest absolute Gasteiger partial charge is 0.252 e. The molecule has 168 valence electrons. The van der Waals surface area contributed by atoms with Crippen molar-refractivity contribution in [3.05, 3.63) is 45.9 Å². The topological polar surface area (TPSA) is 79.9 Å². The molecule has 4 rings (SSSR count). The highest BCUT2D eigenvalue weighted by Crippen LogP contribution is 2.31. The Morgan fingerprint density at radius 1 is 1.19 bits per heavy atom. The lowest BCUT2D eigenvalue weighted by Gasteiger charge is -2.33. The van der Waals surface area contributed by atoms with E-state index in [4.69, 9.17) is 19.2 Å². The van der Waals surface area contributed by atoms with Crippen molar-refractivity contribution in [2.75, 3.05) is 58.0 Å². The first-order valence-corrected chi connectivity index (χ1v) is 11.1. The van der Waals surface area contributed by atoms with Gasteiger partial charge in [-0.05, 0) is 44.0 Å². The number of aromatic amines is 1. The molecule has 2 aromatic rings. The van der Waals surface area contributed by atoms with E-state index in [1.165, 1.54) is 5.56 Å². The number of methoxy groups -OCH3 is 1. The Kier molecular flexibility index (Phi) is 7.09. The summed E-state index contributed by atoms with van der Waals surface area (Å²) in [6.07, 6.45) is 2.13. The van der Waals surface area contributed by atoms with Gasteiger partial charge in [-0.15, -0.1) is 0 Å². The van der Waals surface area contributed by atoms with Crippen molar-refractivity contribution in [2.24, 2.45) is 0 Å². The van der Waals surface area contributed by atoms with Crippen LogP contribution in [0.3, 0.4) is 0 Å². The maximum atomic E-state index is 12.3. The Hall–Kier alpha value is -2.58. The Bertz CT molecular complexity index is 926. The van der Waals surface area contributed by atoms with E-state index >= 15 is 0 Å². The Balaban J connectivity index is 1.47. The van der Waals surface area contributed by atoms with Crippen LogP contribution >= 0.6 is 0 Å². The van der Waals surface area contributed by atoms with Gasteiger partial charge >= 0.3 is 0 Å². The molecule has 0 spiro atoms. The second-order valence-electron chi connectivity index (χ2n) is 8.09. The molecule has 0 amide bonds. The first-order valence-electron chi connectivity index (χ1n) is 11.1. The summed E-state index contributed by atoms with van der Waals surface area (Å²) in [6, 6.07) is 7.79. The van der Waals surface area contributed by atoms with Gasteiger partial charge in [0.15, 0.2) is 11.5 Å². The van der Waals surface area contributed by atoms with Crippen molar-refractivity contribution in [1.29, 1.82) is 0 Å². The largest absolute Gasteiger partial charge is 0.493 e. The zero-order valence-electron chi connectivity index (χ0n) is 18.4. The highest BCUT2D eigenvalue weighted by Gasteiger charge is 2.24. The summed E-state index contributed by atoms with van der Waals surface area (Å²) >= 11 is 0. The monoisotopic (exact) mass is 428 g/mol. The predicted octanol–water partition coefficient (Wildman–Crippen LogP) is 2.39. The van der Waals surface area contributed by atoms with E-state index in [2.05, 4.69) is 26.9 Å². The molecule has 1 unspecified atom stereocenters. The van der Waals surface area contributed by atoms with Gasteiger partial charge in [0.25, 0.3) is 5.56 Å². The van der Waals surface area contributed by atoms with E-state index in [-0.39, 0.29) is 11.5 Å². The number of aromatic nitrogens is 2.